The van der Waals surface area contributed by atoms with Crippen molar-refractivity contribution >= 4 is 45.8 Å². The summed E-state index contributed by atoms with van der Waals surface area (Å²) in [5.74, 6) is 1.06. The van der Waals surface area contributed by atoms with Crippen LogP contribution in [0.2, 0.25) is 0 Å². The molecule has 0 aliphatic heterocycles. The maximum atomic E-state index is 11.8. The van der Waals surface area contributed by atoms with E-state index in [1.54, 1.807) is 43.5 Å². The lowest BCUT2D eigenvalue weighted by Crippen LogP contribution is -2.13. The highest BCUT2D eigenvalue weighted by molar-refractivity contribution is 7.96. The Morgan fingerprint density at radius 3 is 1.92 bits per heavy atom. The second kappa shape index (κ2) is 19.0. The van der Waals surface area contributed by atoms with E-state index in [0.29, 0.717) is 22.8 Å². The van der Waals surface area contributed by atoms with Crippen LogP contribution in [-0.4, -0.2) is 36.5 Å². The summed E-state index contributed by atoms with van der Waals surface area (Å²) in [6.45, 7) is 5.25. The van der Waals surface area contributed by atoms with Gasteiger partial charge in [-0.25, -0.2) is 18.5 Å². The summed E-state index contributed by atoms with van der Waals surface area (Å²) in [5, 5.41) is 4.01. The Balaban J connectivity index is -0.000000716. The predicted octanol–water partition coefficient (Wildman–Crippen LogP) is 3.66. The molecule has 2 aromatic carbocycles. The van der Waals surface area contributed by atoms with E-state index >= 15 is 0 Å². The number of rotatable bonds is 4. The first-order chi connectivity index (χ1) is 15.9. The van der Waals surface area contributed by atoms with Gasteiger partial charge < -0.3 is 26.1 Å². The molecule has 11 nitrogen and oxygen atoms in total. The van der Waals surface area contributed by atoms with Crippen molar-refractivity contribution in [1.82, 2.24) is 4.98 Å². The van der Waals surface area contributed by atoms with Crippen molar-refractivity contribution in [2.24, 2.45) is 16.6 Å². The Morgan fingerprint density at radius 2 is 1.50 bits per heavy atom. The number of carbonyl (C=O) groups excluding carboxylic acids is 2. The van der Waals surface area contributed by atoms with E-state index < -0.39 is 20.5 Å². The number of primary sulfonamides is 1. The van der Waals surface area contributed by atoms with Crippen LogP contribution in [0.3, 0.4) is 0 Å². The lowest BCUT2D eigenvalue weighted by Gasteiger charge is -2.07. The molecule has 3 rings (SSSR count). The molecule has 14 heteroatoms. The number of aromatic nitrogens is 1. The number of methoxy groups -OCH3 is 1. The number of thiol groups is 2. The van der Waals surface area contributed by atoms with Gasteiger partial charge in [-0.2, -0.15) is 0 Å². The zero-order chi connectivity index (χ0) is 26.3. The maximum Gasteiger partial charge on any atom is 0.273 e. The number of amides is 2. The normalized spacial score (nSPS) is 9.03. The van der Waals surface area contributed by atoms with Crippen LogP contribution < -0.4 is 21.3 Å². The fraction of sp³-hybridized carbons (Fsp3) is 0.136. The number of sulfonamides is 1. The minimum absolute atomic E-state index is 0. The number of carbonyl (C=O) groups is 2. The zero-order valence-corrected chi connectivity index (χ0v) is 21.5. The summed E-state index contributed by atoms with van der Waals surface area (Å²) in [4.78, 5) is 22.4. The number of nitrogens with two attached hydrogens (primary N) is 3. The van der Waals surface area contributed by atoms with Crippen LogP contribution in [0.25, 0.3) is 22.6 Å². The van der Waals surface area contributed by atoms with Crippen LogP contribution in [0, 0.1) is 0 Å². The fourth-order valence-electron chi connectivity index (χ4n) is 2.29. The topological polar surface area (TPSA) is 213 Å². The standard InChI is InChI=1S/C16H14N2O4S.C3H6.2CH3NOS.CH4.H2O/c1-21-12-8-6-11(7-9-12)15-16(22-10-18-15)13-4-2-3-5-14(13)23(17,19)20;1-3-2;2*2-1(3)4;;/h2-10H,1H3,(H2,17,19,20);3H,1H2,2H3;2*(H3,2,3,4);1H4;1H2. The Hall–Kier alpha value is -3.30. The van der Waals surface area contributed by atoms with Crippen molar-refractivity contribution < 1.29 is 32.6 Å². The van der Waals surface area contributed by atoms with Crippen LogP contribution in [0.1, 0.15) is 14.4 Å². The zero-order valence-electron chi connectivity index (χ0n) is 18.9. The molecule has 0 aliphatic rings. The van der Waals surface area contributed by atoms with Gasteiger partial charge in [-0.15, -0.1) is 6.58 Å². The third-order valence-corrected chi connectivity index (χ3v) is 4.34. The van der Waals surface area contributed by atoms with Gasteiger partial charge in [-0.05, 0) is 43.3 Å². The summed E-state index contributed by atoms with van der Waals surface area (Å²) < 4.78 is 34.1. The van der Waals surface area contributed by atoms with Gasteiger partial charge in [0.05, 0.1) is 12.0 Å². The van der Waals surface area contributed by atoms with Crippen molar-refractivity contribution in [1.29, 1.82) is 0 Å². The second-order valence-corrected chi connectivity index (χ2v) is 8.30. The average molecular weight is 561 g/mol. The van der Waals surface area contributed by atoms with E-state index in [0.717, 1.165) is 5.56 Å². The average Bonchev–Trinajstić information content (AvgIpc) is 3.23. The number of hydrogen-bond acceptors (Lipinski definition) is 7. The lowest BCUT2D eigenvalue weighted by atomic mass is 10.1. The SMILES string of the molecule is C.C=CC.COc1ccc(-c2ncoc2-c2ccccc2S(N)(=O)=O)cc1.NC(=O)S.NC(=O)S.O. The number of oxazole rings is 1. The van der Waals surface area contributed by atoms with Crippen molar-refractivity contribution in [2.75, 3.05) is 7.11 Å². The van der Waals surface area contributed by atoms with Crippen molar-refractivity contribution in [3.05, 3.63) is 67.6 Å². The van der Waals surface area contributed by atoms with Gasteiger partial charge in [-0.3, -0.25) is 9.59 Å². The van der Waals surface area contributed by atoms with Gasteiger partial charge in [0.15, 0.2) is 12.2 Å². The number of allylic oxidation sites excluding steroid dienone is 1. The molecule has 8 N–H and O–H groups in total. The van der Waals surface area contributed by atoms with E-state index in [-0.39, 0.29) is 17.8 Å². The van der Waals surface area contributed by atoms with Crippen LogP contribution in [0.4, 0.5) is 9.59 Å². The molecule has 1 heterocycles. The Bertz CT molecular complexity index is 1160. The minimum atomic E-state index is -3.88. The van der Waals surface area contributed by atoms with Gasteiger partial charge in [0.2, 0.25) is 10.0 Å². The van der Waals surface area contributed by atoms with Crippen LogP contribution in [-0.2, 0) is 10.0 Å². The number of benzene rings is 2. The second-order valence-electron chi connectivity index (χ2n) is 5.88. The van der Waals surface area contributed by atoms with Gasteiger partial charge in [0.25, 0.3) is 10.5 Å². The van der Waals surface area contributed by atoms with E-state index in [2.05, 4.69) is 48.3 Å². The Kier molecular flexibility index (Phi) is 19.6. The molecule has 0 aliphatic carbocycles. The molecule has 0 unspecified atom stereocenters. The highest BCUT2D eigenvalue weighted by Gasteiger charge is 2.21. The summed E-state index contributed by atoms with van der Waals surface area (Å²) in [7, 11) is -2.29. The molecule has 3 aromatic rings. The fourth-order valence-corrected chi connectivity index (χ4v) is 3.03. The number of nitrogens with zero attached hydrogens (tertiary/aromatic N) is 1. The van der Waals surface area contributed by atoms with Crippen LogP contribution >= 0.6 is 25.3 Å². The summed E-state index contributed by atoms with van der Waals surface area (Å²) in [6.07, 6.45) is 3.02. The van der Waals surface area contributed by atoms with Crippen LogP contribution in [0.15, 0.2) is 76.9 Å². The summed E-state index contributed by atoms with van der Waals surface area (Å²) in [6, 6.07) is 13.6. The predicted molar refractivity (Wildman–Crippen MR) is 149 cm³/mol. The summed E-state index contributed by atoms with van der Waals surface area (Å²) in [5.41, 5.74) is 10.4. The largest absolute Gasteiger partial charge is 0.497 e. The molecule has 0 saturated carbocycles. The molecule has 0 fully saturated rings. The third-order valence-electron chi connectivity index (χ3n) is 3.37. The number of primary amides is 2. The smallest absolute Gasteiger partial charge is 0.273 e. The van der Waals surface area contributed by atoms with E-state index in [4.69, 9.17) is 23.9 Å². The number of hydrogen-bond donors (Lipinski definition) is 5. The summed E-state index contributed by atoms with van der Waals surface area (Å²) >= 11 is 6.21. The molecular formula is C22H32N4O7S3. The van der Waals surface area contributed by atoms with Crippen LogP contribution in [0.5, 0.6) is 5.75 Å². The Morgan fingerprint density at radius 1 is 1.06 bits per heavy atom. The van der Waals surface area contributed by atoms with Gasteiger partial charge in [-0.1, -0.05) is 50.9 Å². The van der Waals surface area contributed by atoms with E-state index in [9.17, 15) is 8.42 Å². The van der Waals surface area contributed by atoms with Crippen molar-refractivity contribution in [3.63, 3.8) is 0 Å². The molecular weight excluding hydrogens is 528 g/mol. The molecule has 2 amide bonds. The molecule has 0 radical (unpaired) electrons. The maximum absolute atomic E-state index is 11.8. The molecule has 0 atom stereocenters. The first kappa shape index (κ1) is 37.3. The molecule has 0 saturated heterocycles. The Labute approximate surface area is 221 Å². The van der Waals surface area contributed by atoms with Gasteiger partial charge in [0.1, 0.15) is 11.4 Å². The first-order valence-electron chi connectivity index (χ1n) is 9.12. The minimum Gasteiger partial charge on any atom is -0.497 e. The molecule has 36 heavy (non-hydrogen) atoms. The number of ether oxygens (including phenoxy) is 1. The van der Waals surface area contributed by atoms with E-state index in [1.807, 2.05) is 19.1 Å². The van der Waals surface area contributed by atoms with Gasteiger partial charge in [0, 0.05) is 11.1 Å². The third kappa shape index (κ3) is 14.2. The highest BCUT2D eigenvalue weighted by atomic mass is 32.2. The first-order valence-corrected chi connectivity index (χ1v) is 11.6. The monoisotopic (exact) mass is 560 g/mol. The molecule has 200 valence electrons. The molecule has 0 spiro atoms. The quantitative estimate of drug-likeness (QED) is 0.235. The van der Waals surface area contributed by atoms with Crippen molar-refractivity contribution in [3.8, 4) is 28.3 Å². The van der Waals surface area contributed by atoms with Gasteiger partial charge >= 0.3 is 0 Å². The van der Waals surface area contributed by atoms with Crippen molar-refractivity contribution in [2.45, 2.75) is 19.2 Å². The lowest BCUT2D eigenvalue weighted by molar-refractivity contribution is 0.266. The molecule has 1 aromatic heterocycles. The van der Waals surface area contributed by atoms with E-state index in [1.165, 1.54) is 12.5 Å². The highest BCUT2D eigenvalue weighted by Crippen LogP contribution is 2.35. The molecule has 0 bridgehead atoms.